The normalized spacial score (nSPS) is 18.8. The van der Waals surface area contributed by atoms with Gasteiger partial charge in [0.1, 0.15) is 5.60 Å². The molecule has 1 aliphatic rings. The van der Waals surface area contributed by atoms with E-state index in [1.807, 2.05) is 25.7 Å². The molecule has 0 spiro atoms. The van der Waals surface area contributed by atoms with E-state index in [1.54, 1.807) is 0 Å². The van der Waals surface area contributed by atoms with E-state index in [2.05, 4.69) is 74.6 Å². The minimum atomic E-state index is -1.67. The van der Waals surface area contributed by atoms with Gasteiger partial charge in [-0.05, 0) is 62.6 Å². The average molecular weight is 425 g/mol. The Morgan fingerprint density at radius 1 is 1.17 bits per heavy atom. The van der Waals surface area contributed by atoms with Gasteiger partial charge in [0.15, 0.2) is 0 Å². The van der Waals surface area contributed by atoms with Gasteiger partial charge in [-0.3, -0.25) is 0 Å². The maximum atomic E-state index is 12.7. The van der Waals surface area contributed by atoms with Crippen LogP contribution in [0.3, 0.4) is 0 Å². The minimum absolute atomic E-state index is 0.222. The molecule has 0 bridgehead atoms. The Bertz CT molecular complexity index is 1020. The number of hydrogen-bond acceptors (Lipinski definition) is 2. The summed E-state index contributed by atoms with van der Waals surface area (Å²) >= 11 is 0. The molecule has 162 valence electrons. The average Bonchev–Trinajstić information content (AvgIpc) is 2.96. The number of hydrogen-bond donors (Lipinski definition) is 0. The smallest absolute Gasteiger partial charge is 0.410 e. The Kier molecular flexibility index (Phi) is 6.05. The van der Waals surface area contributed by atoms with Crippen LogP contribution in [0.25, 0.3) is 16.1 Å². The van der Waals surface area contributed by atoms with E-state index in [0.29, 0.717) is 13.1 Å². The number of ether oxygens (including phenoxy) is 1. The summed E-state index contributed by atoms with van der Waals surface area (Å²) in [6, 6.07) is 10.9. The number of amides is 1. The fraction of sp³-hybridized carbons (Fsp3) is 0.480. The molecule has 2 heterocycles. The van der Waals surface area contributed by atoms with Crippen molar-refractivity contribution in [1.29, 1.82) is 0 Å². The lowest BCUT2D eigenvalue weighted by Crippen LogP contribution is -2.42. The number of fused-ring (bicyclic) bond motifs is 1. The van der Waals surface area contributed by atoms with Crippen molar-refractivity contribution in [3.8, 4) is 0 Å². The Balaban J connectivity index is 2.06. The Morgan fingerprint density at radius 2 is 1.83 bits per heavy atom. The molecule has 2 aromatic rings. The molecule has 0 radical (unpaired) electrons. The Labute approximate surface area is 182 Å². The molecule has 30 heavy (non-hydrogen) atoms. The first kappa shape index (κ1) is 22.4. The molecular weight excluding hydrogens is 388 g/mol. The lowest BCUT2D eigenvalue weighted by Gasteiger charge is -2.35. The molecule has 1 aromatic carbocycles. The molecule has 0 atom stereocenters. The number of nitrogens with zero attached hydrogens (tertiary/aromatic N) is 2. The number of carbonyl (C=O) groups is 1. The van der Waals surface area contributed by atoms with Crippen molar-refractivity contribution in [2.75, 3.05) is 13.1 Å². The van der Waals surface area contributed by atoms with Crippen LogP contribution in [-0.4, -0.2) is 42.3 Å². The lowest BCUT2D eigenvalue weighted by molar-refractivity contribution is 0.0259. The van der Waals surface area contributed by atoms with E-state index < -0.39 is 13.7 Å². The fourth-order valence-electron chi connectivity index (χ4n) is 4.34. The van der Waals surface area contributed by atoms with Crippen molar-refractivity contribution in [2.45, 2.75) is 59.4 Å². The summed E-state index contributed by atoms with van der Waals surface area (Å²) in [4.78, 5) is 14.5. The molecule has 3 rings (SSSR count). The largest absolute Gasteiger partial charge is 0.444 e. The number of carbonyl (C=O) groups excluding carboxylic acids is 1. The van der Waals surface area contributed by atoms with Gasteiger partial charge in [0.2, 0.25) is 0 Å². The van der Waals surface area contributed by atoms with Crippen LogP contribution in [0.4, 0.5) is 4.79 Å². The SMILES string of the molecule is C/C=C1\CN(C(=O)OC(C)(C)C)CC\C1=C(/c1cc2ccccc2n1C)[Si](C)(C)C. The zero-order chi connectivity index (χ0) is 22.3. The number of para-hydroxylation sites is 1. The standard InChI is InChI=1S/C25H36N2O2Si/c1-9-18-17-27(24(28)29-25(2,3)4)15-14-20(18)23(30(6,7)8)22-16-19-12-10-11-13-21(19)26(22)5/h9-13,16H,14-15,17H2,1-8H3/b18-9+,23-20-. The molecule has 0 saturated carbocycles. The molecule has 1 aliphatic heterocycles. The number of piperidine rings is 1. The van der Waals surface area contributed by atoms with E-state index >= 15 is 0 Å². The van der Waals surface area contributed by atoms with Crippen LogP contribution < -0.4 is 0 Å². The van der Waals surface area contributed by atoms with Crippen molar-refractivity contribution in [1.82, 2.24) is 9.47 Å². The zero-order valence-electron chi connectivity index (χ0n) is 19.8. The minimum Gasteiger partial charge on any atom is -0.444 e. The lowest BCUT2D eigenvalue weighted by atomic mass is 9.96. The summed E-state index contributed by atoms with van der Waals surface area (Å²) in [7, 11) is 0.499. The molecular formula is C25H36N2O2Si. The third kappa shape index (κ3) is 4.56. The monoisotopic (exact) mass is 424 g/mol. The van der Waals surface area contributed by atoms with Crippen LogP contribution in [-0.2, 0) is 11.8 Å². The Morgan fingerprint density at radius 3 is 2.40 bits per heavy atom. The van der Waals surface area contributed by atoms with Gasteiger partial charge in [-0.1, -0.05) is 43.9 Å². The highest BCUT2D eigenvalue weighted by molar-refractivity contribution is 6.93. The third-order valence-corrected chi connectivity index (χ3v) is 7.70. The van der Waals surface area contributed by atoms with Crippen LogP contribution in [0.5, 0.6) is 0 Å². The molecule has 4 nitrogen and oxygen atoms in total. The van der Waals surface area contributed by atoms with Crippen molar-refractivity contribution >= 4 is 30.3 Å². The predicted octanol–water partition coefficient (Wildman–Crippen LogP) is 6.40. The Hall–Kier alpha value is -2.27. The summed E-state index contributed by atoms with van der Waals surface area (Å²) in [5.41, 5.74) is 4.76. The van der Waals surface area contributed by atoms with E-state index in [-0.39, 0.29) is 6.09 Å². The van der Waals surface area contributed by atoms with Crippen LogP contribution in [0.2, 0.25) is 19.6 Å². The first-order chi connectivity index (χ1) is 13.9. The molecule has 1 amide bonds. The van der Waals surface area contributed by atoms with Crippen LogP contribution >= 0.6 is 0 Å². The van der Waals surface area contributed by atoms with Crippen molar-refractivity contribution < 1.29 is 9.53 Å². The van der Waals surface area contributed by atoms with Gasteiger partial charge in [0.05, 0.1) is 8.07 Å². The summed E-state index contributed by atoms with van der Waals surface area (Å²) in [6.45, 7) is 16.4. The maximum absolute atomic E-state index is 12.7. The molecule has 1 fully saturated rings. The molecule has 0 N–H and O–H groups in total. The molecule has 1 aromatic heterocycles. The van der Waals surface area contributed by atoms with Crippen LogP contribution in [0.15, 0.2) is 47.6 Å². The van der Waals surface area contributed by atoms with Crippen molar-refractivity contribution in [2.24, 2.45) is 7.05 Å². The summed E-state index contributed by atoms with van der Waals surface area (Å²) in [5, 5.41) is 2.78. The predicted molar refractivity (Wildman–Crippen MR) is 129 cm³/mol. The van der Waals surface area contributed by atoms with Gasteiger partial charge < -0.3 is 14.2 Å². The summed E-state index contributed by atoms with van der Waals surface area (Å²) in [5.74, 6) is 0. The second kappa shape index (κ2) is 8.10. The van der Waals surface area contributed by atoms with Crippen LogP contribution in [0.1, 0.15) is 39.8 Å². The molecule has 1 saturated heterocycles. The number of aryl methyl sites for hydroxylation is 1. The van der Waals surface area contributed by atoms with E-state index in [4.69, 9.17) is 4.74 Å². The van der Waals surface area contributed by atoms with Gasteiger partial charge in [-0.2, -0.15) is 0 Å². The van der Waals surface area contributed by atoms with Gasteiger partial charge in [-0.15, -0.1) is 0 Å². The van der Waals surface area contributed by atoms with Gasteiger partial charge in [-0.25, -0.2) is 4.79 Å². The second-order valence-corrected chi connectivity index (χ2v) is 15.2. The topological polar surface area (TPSA) is 34.5 Å². The van der Waals surface area contributed by atoms with Crippen LogP contribution in [0, 0.1) is 0 Å². The van der Waals surface area contributed by atoms with Gasteiger partial charge in [0, 0.05) is 36.7 Å². The number of likely N-dealkylation sites (tertiary alicyclic amines) is 1. The highest BCUT2D eigenvalue weighted by Crippen LogP contribution is 2.38. The highest BCUT2D eigenvalue weighted by atomic mass is 28.3. The van der Waals surface area contributed by atoms with E-state index in [9.17, 15) is 4.79 Å². The summed E-state index contributed by atoms with van der Waals surface area (Å²) in [6.07, 6.45) is 2.81. The van der Waals surface area contributed by atoms with Gasteiger partial charge >= 0.3 is 6.09 Å². The number of aromatic nitrogens is 1. The van der Waals surface area contributed by atoms with E-state index in [0.717, 1.165) is 6.42 Å². The highest BCUT2D eigenvalue weighted by Gasteiger charge is 2.33. The first-order valence-electron chi connectivity index (χ1n) is 10.8. The number of allylic oxidation sites excluding steroid dienone is 1. The quantitative estimate of drug-likeness (QED) is 0.523. The molecule has 0 unspecified atom stereocenters. The molecule has 0 aliphatic carbocycles. The maximum Gasteiger partial charge on any atom is 0.410 e. The van der Waals surface area contributed by atoms with Crippen molar-refractivity contribution in [3.05, 3.63) is 53.2 Å². The zero-order valence-corrected chi connectivity index (χ0v) is 20.8. The first-order valence-corrected chi connectivity index (χ1v) is 14.3. The molecule has 5 heteroatoms. The number of benzene rings is 1. The van der Waals surface area contributed by atoms with E-state index in [1.165, 1.54) is 32.9 Å². The number of rotatable bonds is 2. The fourth-order valence-corrected chi connectivity index (χ4v) is 6.54. The van der Waals surface area contributed by atoms with Crippen molar-refractivity contribution in [3.63, 3.8) is 0 Å². The van der Waals surface area contributed by atoms with Gasteiger partial charge in [0.25, 0.3) is 0 Å². The second-order valence-electron chi connectivity index (χ2n) is 10.2. The summed E-state index contributed by atoms with van der Waals surface area (Å²) < 4.78 is 7.96. The third-order valence-electron chi connectivity index (χ3n) is 5.64.